The Balaban J connectivity index is 2.70. The summed E-state index contributed by atoms with van der Waals surface area (Å²) >= 11 is 0. The van der Waals surface area contributed by atoms with Gasteiger partial charge < -0.3 is 15.5 Å². The number of rotatable bonds is 7. The van der Waals surface area contributed by atoms with E-state index in [9.17, 15) is 18.0 Å². The molecule has 1 amide bonds. The van der Waals surface area contributed by atoms with Crippen molar-refractivity contribution in [3.05, 3.63) is 35.4 Å². The van der Waals surface area contributed by atoms with Crippen LogP contribution in [0.2, 0.25) is 0 Å². The van der Waals surface area contributed by atoms with Crippen molar-refractivity contribution in [1.29, 1.82) is 0 Å². The fraction of sp³-hybridized carbons (Fsp3) is 0.529. The normalized spacial score (nSPS) is 12.0. The number of carbonyl (C=O) groups excluding carboxylic acids is 1. The average molecular weight is 358 g/mol. The molecule has 1 aromatic rings. The van der Waals surface area contributed by atoms with Gasteiger partial charge in [0.05, 0.1) is 18.7 Å². The second-order valence-corrected chi connectivity index (χ2v) is 5.78. The summed E-state index contributed by atoms with van der Waals surface area (Å²) in [5.41, 5.74) is -0.0280. The third kappa shape index (κ3) is 7.91. The first-order valence-corrected chi connectivity index (χ1v) is 8.12. The number of unbranched alkanes of at least 4 members (excludes halogenated alkanes) is 1. The fourth-order valence-corrected chi connectivity index (χ4v) is 1.84. The van der Waals surface area contributed by atoms with Crippen molar-refractivity contribution < 1.29 is 18.0 Å². The molecule has 0 aromatic heterocycles. The van der Waals surface area contributed by atoms with Crippen LogP contribution in [0.25, 0.3) is 0 Å². The molecule has 0 fully saturated rings. The molecule has 1 aromatic carbocycles. The molecular formula is C17H25F3N4O. The highest BCUT2D eigenvalue weighted by atomic mass is 19.4. The van der Waals surface area contributed by atoms with Gasteiger partial charge >= 0.3 is 6.18 Å². The maximum absolute atomic E-state index is 12.6. The van der Waals surface area contributed by atoms with E-state index in [1.165, 1.54) is 17.0 Å². The summed E-state index contributed by atoms with van der Waals surface area (Å²) in [5, 5.41) is 6.04. The van der Waals surface area contributed by atoms with Gasteiger partial charge in [-0.05, 0) is 24.1 Å². The number of guanidine groups is 1. The largest absolute Gasteiger partial charge is 0.416 e. The number of aliphatic imine (C=N–C) groups is 1. The van der Waals surface area contributed by atoms with Crippen molar-refractivity contribution in [1.82, 2.24) is 15.5 Å². The minimum Gasteiger partial charge on any atom is -0.356 e. The Bertz CT molecular complexity index is 568. The van der Waals surface area contributed by atoms with Crippen molar-refractivity contribution in [2.45, 2.75) is 32.5 Å². The lowest BCUT2D eigenvalue weighted by molar-refractivity contribution is -0.137. The number of halogens is 3. The summed E-state index contributed by atoms with van der Waals surface area (Å²) in [6, 6.07) is 4.89. The summed E-state index contributed by atoms with van der Waals surface area (Å²) in [4.78, 5) is 17.5. The summed E-state index contributed by atoms with van der Waals surface area (Å²) in [5.74, 6) is 0.364. The zero-order valence-corrected chi connectivity index (χ0v) is 14.8. The molecule has 0 aliphatic rings. The maximum Gasteiger partial charge on any atom is 0.416 e. The first-order chi connectivity index (χ1) is 11.7. The Morgan fingerprint density at radius 3 is 2.32 bits per heavy atom. The van der Waals surface area contributed by atoms with Crippen LogP contribution in [0.4, 0.5) is 13.2 Å². The Labute approximate surface area is 146 Å². The lowest BCUT2D eigenvalue weighted by Crippen LogP contribution is -2.43. The summed E-state index contributed by atoms with van der Waals surface area (Å²) in [7, 11) is 3.32. The van der Waals surface area contributed by atoms with Gasteiger partial charge in [0.15, 0.2) is 5.96 Å². The molecule has 0 unspecified atom stereocenters. The van der Waals surface area contributed by atoms with E-state index in [1.807, 2.05) is 0 Å². The molecule has 0 radical (unpaired) electrons. The SMILES string of the molecule is CCCCNC(=NCc1ccc(C(F)(F)F)cc1)NCC(=O)N(C)C. The molecule has 5 nitrogen and oxygen atoms in total. The molecule has 0 saturated heterocycles. The van der Waals surface area contributed by atoms with Crippen LogP contribution in [0, 0.1) is 0 Å². The Kier molecular flexibility index (Phi) is 8.24. The molecule has 0 aliphatic carbocycles. The van der Waals surface area contributed by atoms with Gasteiger partial charge in [-0.25, -0.2) is 4.99 Å². The minimum atomic E-state index is -4.34. The number of nitrogens with zero attached hydrogens (tertiary/aromatic N) is 2. The van der Waals surface area contributed by atoms with Gasteiger partial charge in [-0.15, -0.1) is 0 Å². The highest BCUT2D eigenvalue weighted by Gasteiger charge is 2.29. The van der Waals surface area contributed by atoms with E-state index in [-0.39, 0.29) is 19.0 Å². The van der Waals surface area contributed by atoms with Crippen molar-refractivity contribution in [3.63, 3.8) is 0 Å². The minimum absolute atomic E-state index is 0.0952. The Morgan fingerprint density at radius 2 is 1.80 bits per heavy atom. The predicted octanol–water partition coefficient (Wildman–Crippen LogP) is 2.63. The van der Waals surface area contributed by atoms with Crippen molar-refractivity contribution in [3.8, 4) is 0 Å². The molecular weight excluding hydrogens is 333 g/mol. The first-order valence-electron chi connectivity index (χ1n) is 8.12. The van der Waals surface area contributed by atoms with Crippen LogP contribution < -0.4 is 10.6 Å². The second kappa shape index (κ2) is 9.90. The molecule has 0 saturated carbocycles. The third-order valence-electron chi connectivity index (χ3n) is 3.43. The maximum atomic E-state index is 12.6. The Morgan fingerprint density at radius 1 is 1.16 bits per heavy atom. The molecule has 0 atom stereocenters. The van der Waals surface area contributed by atoms with Crippen molar-refractivity contribution in [2.75, 3.05) is 27.2 Å². The van der Waals surface area contributed by atoms with Gasteiger partial charge in [-0.1, -0.05) is 25.5 Å². The second-order valence-electron chi connectivity index (χ2n) is 5.78. The zero-order chi connectivity index (χ0) is 18.9. The molecule has 140 valence electrons. The molecule has 1 rings (SSSR count). The molecule has 0 bridgehead atoms. The lowest BCUT2D eigenvalue weighted by atomic mass is 10.1. The average Bonchev–Trinajstić information content (AvgIpc) is 2.56. The van der Waals surface area contributed by atoms with Gasteiger partial charge in [-0.2, -0.15) is 13.2 Å². The van der Waals surface area contributed by atoms with E-state index >= 15 is 0 Å². The van der Waals surface area contributed by atoms with E-state index < -0.39 is 11.7 Å². The van der Waals surface area contributed by atoms with Gasteiger partial charge in [-0.3, -0.25) is 4.79 Å². The van der Waals surface area contributed by atoms with E-state index in [0.29, 0.717) is 18.1 Å². The van der Waals surface area contributed by atoms with Crippen LogP contribution in [0.15, 0.2) is 29.3 Å². The van der Waals surface area contributed by atoms with Crippen LogP contribution in [0.3, 0.4) is 0 Å². The zero-order valence-electron chi connectivity index (χ0n) is 14.8. The van der Waals surface area contributed by atoms with Crippen LogP contribution in [-0.2, 0) is 17.5 Å². The molecule has 2 N–H and O–H groups in total. The topological polar surface area (TPSA) is 56.7 Å². The third-order valence-corrected chi connectivity index (χ3v) is 3.43. The van der Waals surface area contributed by atoms with Gasteiger partial charge in [0.25, 0.3) is 0 Å². The molecule has 0 heterocycles. The smallest absolute Gasteiger partial charge is 0.356 e. The standard InChI is InChI=1S/C17H25F3N4O/c1-4-5-10-21-16(23-12-15(25)24(2)3)22-11-13-6-8-14(9-7-13)17(18,19)20/h6-9H,4-5,10-12H2,1-3H3,(H2,21,22,23). The summed E-state index contributed by atoms with van der Waals surface area (Å²) in [6.45, 7) is 3.07. The number of amides is 1. The number of benzene rings is 1. The lowest BCUT2D eigenvalue weighted by Gasteiger charge is -2.15. The van der Waals surface area contributed by atoms with Crippen LogP contribution in [-0.4, -0.2) is 44.0 Å². The van der Waals surface area contributed by atoms with Gasteiger partial charge in [0.1, 0.15) is 0 Å². The van der Waals surface area contributed by atoms with E-state index in [2.05, 4.69) is 22.5 Å². The number of likely N-dealkylation sites (N-methyl/N-ethyl adjacent to an activating group) is 1. The summed E-state index contributed by atoms with van der Waals surface area (Å²) < 4.78 is 37.7. The number of hydrogen-bond donors (Lipinski definition) is 2. The van der Waals surface area contributed by atoms with Crippen LogP contribution >= 0.6 is 0 Å². The molecule has 0 aliphatic heterocycles. The van der Waals surface area contributed by atoms with Crippen molar-refractivity contribution in [2.24, 2.45) is 4.99 Å². The fourth-order valence-electron chi connectivity index (χ4n) is 1.84. The molecule has 0 spiro atoms. The molecule has 8 heteroatoms. The quantitative estimate of drug-likeness (QED) is 0.448. The number of alkyl halides is 3. The predicted molar refractivity (Wildman–Crippen MR) is 92.2 cm³/mol. The van der Waals surface area contributed by atoms with E-state index in [1.54, 1.807) is 14.1 Å². The van der Waals surface area contributed by atoms with Gasteiger partial charge in [0, 0.05) is 20.6 Å². The van der Waals surface area contributed by atoms with E-state index in [0.717, 1.165) is 25.0 Å². The highest BCUT2D eigenvalue weighted by Crippen LogP contribution is 2.29. The van der Waals surface area contributed by atoms with Crippen molar-refractivity contribution >= 4 is 11.9 Å². The first kappa shape index (κ1) is 20.8. The number of hydrogen-bond acceptors (Lipinski definition) is 2. The number of nitrogens with one attached hydrogen (secondary N) is 2. The van der Waals surface area contributed by atoms with Crippen LogP contribution in [0.1, 0.15) is 30.9 Å². The number of carbonyl (C=O) groups is 1. The summed E-state index contributed by atoms with van der Waals surface area (Å²) in [6.07, 6.45) is -2.39. The van der Waals surface area contributed by atoms with E-state index in [4.69, 9.17) is 0 Å². The highest BCUT2D eigenvalue weighted by molar-refractivity contribution is 5.86. The molecule has 25 heavy (non-hydrogen) atoms. The Hall–Kier alpha value is -2.25. The monoisotopic (exact) mass is 358 g/mol. The van der Waals surface area contributed by atoms with Gasteiger partial charge in [0.2, 0.25) is 5.91 Å². The van der Waals surface area contributed by atoms with Crippen LogP contribution in [0.5, 0.6) is 0 Å².